The molecular weight excluding hydrogens is 330 g/mol. The second kappa shape index (κ2) is 7.70. The molecule has 1 saturated heterocycles. The summed E-state index contributed by atoms with van der Waals surface area (Å²) in [5, 5.41) is 7.16. The van der Waals surface area contributed by atoms with Crippen molar-refractivity contribution >= 4 is 17.5 Å². The number of aromatic nitrogens is 2. The van der Waals surface area contributed by atoms with Crippen molar-refractivity contribution in [3.8, 4) is 0 Å². The van der Waals surface area contributed by atoms with Crippen LogP contribution < -0.4 is 5.32 Å². The number of carbonyl (C=O) groups is 2. The molecule has 138 valence electrons. The summed E-state index contributed by atoms with van der Waals surface area (Å²) in [5.74, 6) is -0.00174. The molecular formula is C19H25N5O2. The molecule has 3 rings (SSSR count). The molecule has 1 atom stereocenters. The summed E-state index contributed by atoms with van der Waals surface area (Å²) in [6.07, 6.45) is 1.80. The van der Waals surface area contributed by atoms with E-state index >= 15 is 0 Å². The highest BCUT2D eigenvalue weighted by molar-refractivity contribution is 5.92. The zero-order valence-corrected chi connectivity index (χ0v) is 15.5. The van der Waals surface area contributed by atoms with Crippen molar-refractivity contribution in [1.82, 2.24) is 19.6 Å². The first-order valence-electron chi connectivity index (χ1n) is 8.78. The Morgan fingerprint density at radius 1 is 1.23 bits per heavy atom. The van der Waals surface area contributed by atoms with Crippen molar-refractivity contribution < 1.29 is 9.59 Å². The van der Waals surface area contributed by atoms with Crippen molar-refractivity contribution in [2.24, 2.45) is 7.05 Å². The minimum atomic E-state index is -0.0656. The second-order valence-electron chi connectivity index (χ2n) is 6.72. The normalized spacial score (nSPS) is 18.0. The molecule has 26 heavy (non-hydrogen) atoms. The number of benzene rings is 1. The highest BCUT2D eigenvalue weighted by Crippen LogP contribution is 2.25. The van der Waals surface area contributed by atoms with E-state index < -0.39 is 0 Å². The summed E-state index contributed by atoms with van der Waals surface area (Å²) < 4.78 is 1.68. The molecule has 0 spiro atoms. The molecule has 0 radical (unpaired) electrons. The van der Waals surface area contributed by atoms with E-state index in [2.05, 4.69) is 15.3 Å². The third-order valence-electron chi connectivity index (χ3n) is 4.71. The van der Waals surface area contributed by atoms with Gasteiger partial charge in [-0.2, -0.15) is 5.10 Å². The average molecular weight is 355 g/mol. The maximum atomic E-state index is 12.4. The quantitative estimate of drug-likeness (QED) is 0.904. The lowest BCUT2D eigenvalue weighted by Gasteiger charge is -2.41. The van der Waals surface area contributed by atoms with Crippen molar-refractivity contribution in [3.05, 3.63) is 47.8 Å². The van der Waals surface area contributed by atoms with Crippen LogP contribution in [0.4, 0.5) is 5.69 Å². The minimum absolute atomic E-state index is 0.0321. The Morgan fingerprint density at radius 2 is 1.96 bits per heavy atom. The van der Waals surface area contributed by atoms with Gasteiger partial charge in [0, 0.05) is 39.8 Å². The van der Waals surface area contributed by atoms with Gasteiger partial charge in [0.15, 0.2) is 0 Å². The lowest BCUT2D eigenvalue weighted by atomic mass is 10.0. The van der Waals surface area contributed by atoms with Gasteiger partial charge in [0.25, 0.3) is 0 Å². The van der Waals surface area contributed by atoms with E-state index in [4.69, 9.17) is 0 Å². The summed E-state index contributed by atoms with van der Waals surface area (Å²) in [4.78, 5) is 28.4. The van der Waals surface area contributed by atoms with Crippen molar-refractivity contribution in [2.75, 3.05) is 31.5 Å². The molecule has 0 aliphatic carbocycles. The van der Waals surface area contributed by atoms with Crippen LogP contribution in [0.2, 0.25) is 0 Å². The number of piperazine rings is 1. The van der Waals surface area contributed by atoms with Gasteiger partial charge in [-0.1, -0.05) is 30.3 Å². The number of carbonyl (C=O) groups excluding carboxylic acids is 2. The van der Waals surface area contributed by atoms with Gasteiger partial charge in [0.2, 0.25) is 11.8 Å². The fraction of sp³-hybridized carbons (Fsp3) is 0.421. The molecule has 2 amide bonds. The SMILES string of the molecule is CC(=O)N1CCN(CC(=O)Nc2cn(C)nc2C)C[C@@H]1c1ccccc1. The van der Waals surface area contributed by atoms with E-state index in [1.807, 2.05) is 49.2 Å². The lowest BCUT2D eigenvalue weighted by Crippen LogP contribution is -2.51. The molecule has 1 aliphatic heterocycles. The van der Waals surface area contributed by atoms with Crippen molar-refractivity contribution in [3.63, 3.8) is 0 Å². The fourth-order valence-corrected chi connectivity index (χ4v) is 3.44. The predicted octanol–water partition coefficient (Wildman–Crippen LogP) is 1.57. The third-order valence-corrected chi connectivity index (χ3v) is 4.71. The Balaban J connectivity index is 1.66. The molecule has 1 aromatic heterocycles. The van der Waals surface area contributed by atoms with Crippen LogP contribution in [-0.4, -0.2) is 57.6 Å². The summed E-state index contributed by atoms with van der Waals surface area (Å²) in [6, 6.07) is 9.95. The largest absolute Gasteiger partial charge is 0.333 e. The molecule has 0 saturated carbocycles. The van der Waals surface area contributed by atoms with Crippen LogP contribution in [-0.2, 0) is 16.6 Å². The van der Waals surface area contributed by atoms with E-state index in [1.54, 1.807) is 17.8 Å². The van der Waals surface area contributed by atoms with Crippen molar-refractivity contribution in [1.29, 1.82) is 0 Å². The van der Waals surface area contributed by atoms with Crippen LogP contribution >= 0.6 is 0 Å². The van der Waals surface area contributed by atoms with Crippen LogP contribution in [0.5, 0.6) is 0 Å². The molecule has 0 unspecified atom stereocenters. The number of nitrogens with zero attached hydrogens (tertiary/aromatic N) is 4. The van der Waals surface area contributed by atoms with Crippen LogP contribution in [0.25, 0.3) is 0 Å². The summed E-state index contributed by atoms with van der Waals surface area (Å²) in [5.41, 5.74) is 2.62. The first kappa shape index (κ1) is 18.1. The standard InChI is InChI=1S/C19H25N5O2/c1-14-17(11-22(3)21-14)20-19(26)13-23-9-10-24(15(2)25)18(12-23)16-7-5-4-6-8-16/h4-8,11,18H,9-10,12-13H2,1-3H3,(H,20,26)/t18-/m1/s1. The third kappa shape index (κ3) is 4.11. The maximum absolute atomic E-state index is 12.4. The summed E-state index contributed by atoms with van der Waals surface area (Å²) >= 11 is 0. The van der Waals surface area contributed by atoms with E-state index in [-0.39, 0.29) is 17.9 Å². The lowest BCUT2D eigenvalue weighted by molar-refractivity contribution is -0.134. The van der Waals surface area contributed by atoms with Crippen LogP contribution in [0.3, 0.4) is 0 Å². The fourth-order valence-electron chi connectivity index (χ4n) is 3.44. The molecule has 0 bridgehead atoms. The first-order valence-corrected chi connectivity index (χ1v) is 8.78. The molecule has 1 aliphatic rings. The van der Waals surface area contributed by atoms with Gasteiger partial charge >= 0.3 is 0 Å². The Bertz CT molecular complexity index is 786. The van der Waals surface area contributed by atoms with Crippen LogP contribution in [0, 0.1) is 6.92 Å². The number of anilines is 1. The van der Waals surface area contributed by atoms with Gasteiger partial charge in [-0.25, -0.2) is 0 Å². The van der Waals surface area contributed by atoms with Crippen molar-refractivity contribution in [2.45, 2.75) is 19.9 Å². The zero-order valence-electron chi connectivity index (χ0n) is 15.5. The smallest absolute Gasteiger partial charge is 0.238 e. The van der Waals surface area contributed by atoms with Gasteiger partial charge in [-0.05, 0) is 12.5 Å². The van der Waals surface area contributed by atoms with E-state index in [1.165, 1.54) is 0 Å². The number of hydrogen-bond donors (Lipinski definition) is 1. The Kier molecular flexibility index (Phi) is 5.37. The Labute approximate surface area is 153 Å². The topological polar surface area (TPSA) is 70.5 Å². The number of nitrogens with one attached hydrogen (secondary N) is 1. The Morgan fingerprint density at radius 3 is 2.58 bits per heavy atom. The molecule has 2 aromatic rings. The van der Waals surface area contributed by atoms with E-state index in [0.717, 1.165) is 16.9 Å². The maximum Gasteiger partial charge on any atom is 0.238 e. The summed E-state index contributed by atoms with van der Waals surface area (Å²) in [6.45, 7) is 5.71. The zero-order chi connectivity index (χ0) is 18.7. The molecule has 1 aromatic carbocycles. The molecule has 1 fully saturated rings. The van der Waals surface area contributed by atoms with E-state index in [9.17, 15) is 9.59 Å². The molecule has 2 heterocycles. The monoisotopic (exact) mass is 355 g/mol. The minimum Gasteiger partial charge on any atom is -0.333 e. The van der Waals surface area contributed by atoms with Gasteiger partial charge in [-0.3, -0.25) is 19.2 Å². The number of amides is 2. The molecule has 7 heteroatoms. The number of rotatable bonds is 4. The number of aryl methyl sites for hydroxylation is 2. The second-order valence-corrected chi connectivity index (χ2v) is 6.72. The summed E-state index contributed by atoms with van der Waals surface area (Å²) in [7, 11) is 1.83. The predicted molar refractivity (Wildman–Crippen MR) is 99.6 cm³/mol. The highest BCUT2D eigenvalue weighted by atomic mass is 16.2. The first-order chi connectivity index (χ1) is 12.4. The van der Waals surface area contributed by atoms with E-state index in [0.29, 0.717) is 26.2 Å². The van der Waals surface area contributed by atoms with Gasteiger partial charge < -0.3 is 10.2 Å². The van der Waals surface area contributed by atoms with Gasteiger partial charge in [0.05, 0.1) is 24.0 Å². The number of hydrogen-bond acceptors (Lipinski definition) is 4. The van der Waals surface area contributed by atoms with Crippen LogP contribution in [0.1, 0.15) is 24.2 Å². The Hall–Kier alpha value is -2.67. The molecule has 1 N–H and O–H groups in total. The average Bonchev–Trinajstić information content (AvgIpc) is 2.92. The highest BCUT2D eigenvalue weighted by Gasteiger charge is 2.30. The molecule has 7 nitrogen and oxygen atoms in total. The van der Waals surface area contributed by atoms with Gasteiger partial charge in [0.1, 0.15) is 0 Å². The van der Waals surface area contributed by atoms with Crippen LogP contribution in [0.15, 0.2) is 36.5 Å². The van der Waals surface area contributed by atoms with Gasteiger partial charge in [-0.15, -0.1) is 0 Å².